The summed E-state index contributed by atoms with van der Waals surface area (Å²) in [5.41, 5.74) is 1.60. The van der Waals surface area contributed by atoms with Crippen LogP contribution in [0.4, 0.5) is 0 Å². The van der Waals surface area contributed by atoms with Gasteiger partial charge >= 0.3 is 0 Å². The Hall–Kier alpha value is -1.56. The fraction of sp³-hybridized carbons (Fsp3) is 0.300. The molecule has 2 aromatic rings. The number of likely N-dealkylation sites (N-methyl/N-ethyl adjacent to an activating group) is 1. The fourth-order valence-corrected chi connectivity index (χ4v) is 3.59. The number of halogens is 3. The van der Waals surface area contributed by atoms with E-state index in [9.17, 15) is 9.59 Å². The number of nitrogens with one attached hydrogen (secondary N) is 1. The fourth-order valence-electron chi connectivity index (χ4n) is 2.67. The van der Waals surface area contributed by atoms with Gasteiger partial charge in [-0.3, -0.25) is 9.59 Å². The number of hydrogen-bond donors (Lipinski definition) is 1. The maximum atomic E-state index is 13.0. The van der Waals surface area contributed by atoms with E-state index >= 15 is 0 Å². The third kappa shape index (κ3) is 6.23. The highest BCUT2D eigenvalue weighted by Gasteiger charge is 2.26. The smallest absolute Gasteiger partial charge is 0.242 e. The Balaban J connectivity index is 2.26. The van der Waals surface area contributed by atoms with E-state index in [-0.39, 0.29) is 18.2 Å². The molecular formula is C20H21BrCl2N2O2. The SMILES string of the molecule is CCNC(=O)[C@H](C)N(Cc1cccc(Br)c1)C(=O)Cc1ccc(Cl)cc1Cl. The third-order valence-electron chi connectivity index (χ3n) is 4.12. The molecule has 0 bridgehead atoms. The molecule has 1 N–H and O–H groups in total. The molecule has 0 saturated heterocycles. The highest BCUT2D eigenvalue weighted by Crippen LogP contribution is 2.23. The first-order valence-electron chi connectivity index (χ1n) is 8.57. The molecule has 0 heterocycles. The summed E-state index contributed by atoms with van der Waals surface area (Å²) in [6.45, 7) is 4.40. The molecular weight excluding hydrogens is 451 g/mol. The van der Waals surface area contributed by atoms with Crippen molar-refractivity contribution >= 4 is 50.9 Å². The summed E-state index contributed by atoms with van der Waals surface area (Å²) in [6.07, 6.45) is 0.0910. The minimum atomic E-state index is -0.609. The van der Waals surface area contributed by atoms with Crippen molar-refractivity contribution in [1.82, 2.24) is 10.2 Å². The number of hydrogen-bond acceptors (Lipinski definition) is 2. The van der Waals surface area contributed by atoms with E-state index in [0.717, 1.165) is 10.0 Å². The molecule has 2 aromatic carbocycles. The predicted octanol–water partition coefficient (Wildman–Crippen LogP) is 4.85. The summed E-state index contributed by atoms with van der Waals surface area (Å²) in [7, 11) is 0. The van der Waals surface area contributed by atoms with Crippen LogP contribution in [-0.2, 0) is 22.6 Å². The zero-order chi connectivity index (χ0) is 20.0. The summed E-state index contributed by atoms with van der Waals surface area (Å²) in [6, 6.07) is 12.1. The van der Waals surface area contributed by atoms with Crippen molar-refractivity contribution < 1.29 is 9.59 Å². The van der Waals surface area contributed by atoms with Gasteiger partial charge in [0, 0.05) is 27.6 Å². The van der Waals surface area contributed by atoms with Crippen molar-refractivity contribution in [3.63, 3.8) is 0 Å². The van der Waals surface area contributed by atoms with Gasteiger partial charge in [0.15, 0.2) is 0 Å². The molecule has 0 saturated carbocycles. The molecule has 7 heteroatoms. The van der Waals surface area contributed by atoms with Crippen molar-refractivity contribution in [2.24, 2.45) is 0 Å². The van der Waals surface area contributed by atoms with Crippen LogP contribution in [0.5, 0.6) is 0 Å². The molecule has 0 aliphatic rings. The average Bonchev–Trinajstić information content (AvgIpc) is 2.61. The van der Waals surface area contributed by atoms with Gasteiger partial charge in [-0.25, -0.2) is 0 Å². The monoisotopic (exact) mass is 470 g/mol. The normalized spacial score (nSPS) is 11.7. The minimum Gasteiger partial charge on any atom is -0.355 e. The Morgan fingerprint density at radius 1 is 1.19 bits per heavy atom. The Morgan fingerprint density at radius 2 is 1.93 bits per heavy atom. The van der Waals surface area contributed by atoms with E-state index in [2.05, 4.69) is 21.2 Å². The summed E-state index contributed by atoms with van der Waals surface area (Å²) >= 11 is 15.6. The van der Waals surface area contributed by atoms with E-state index in [1.165, 1.54) is 0 Å². The van der Waals surface area contributed by atoms with Gasteiger partial charge in [-0.2, -0.15) is 0 Å². The molecule has 0 spiro atoms. The van der Waals surface area contributed by atoms with E-state index in [4.69, 9.17) is 23.2 Å². The molecule has 2 amide bonds. The van der Waals surface area contributed by atoms with Crippen molar-refractivity contribution in [3.8, 4) is 0 Å². The van der Waals surface area contributed by atoms with Gasteiger partial charge in [-0.15, -0.1) is 0 Å². The number of carbonyl (C=O) groups excluding carboxylic acids is 2. The lowest BCUT2D eigenvalue weighted by Gasteiger charge is -2.29. The van der Waals surface area contributed by atoms with E-state index in [1.54, 1.807) is 30.0 Å². The van der Waals surface area contributed by atoms with Gasteiger partial charge in [0.25, 0.3) is 0 Å². The lowest BCUT2D eigenvalue weighted by atomic mass is 10.1. The van der Waals surface area contributed by atoms with Gasteiger partial charge in [0.1, 0.15) is 6.04 Å². The van der Waals surface area contributed by atoms with E-state index in [0.29, 0.717) is 28.7 Å². The lowest BCUT2D eigenvalue weighted by Crippen LogP contribution is -2.48. The molecule has 4 nitrogen and oxygen atoms in total. The van der Waals surface area contributed by atoms with Crippen molar-refractivity contribution in [1.29, 1.82) is 0 Å². The van der Waals surface area contributed by atoms with Gasteiger partial charge in [0.2, 0.25) is 11.8 Å². The predicted molar refractivity (Wildman–Crippen MR) is 113 cm³/mol. The Labute approximate surface area is 178 Å². The van der Waals surface area contributed by atoms with Crippen molar-refractivity contribution in [2.75, 3.05) is 6.54 Å². The number of rotatable bonds is 7. The van der Waals surface area contributed by atoms with Crippen LogP contribution in [-0.4, -0.2) is 29.3 Å². The number of benzene rings is 2. The Morgan fingerprint density at radius 3 is 2.56 bits per heavy atom. The first kappa shape index (κ1) is 21.7. The zero-order valence-electron chi connectivity index (χ0n) is 15.1. The second-order valence-electron chi connectivity index (χ2n) is 6.13. The highest BCUT2D eigenvalue weighted by atomic mass is 79.9. The van der Waals surface area contributed by atoms with E-state index in [1.807, 2.05) is 31.2 Å². The average molecular weight is 472 g/mol. The lowest BCUT2D eigenvalue weighted by molar-refractivity contribution is -0.140. The third-order valence-corrected chi connectivity index (χ3v) is 5.20. The second-order valence-corrected chi connectivity index (χ2v) is 7.89. The molecule has 0 radical (unpaired) electrons. The highest BCUT2D eigenvalue weighted by molar-refractivity contribution is 9.10. The molecule has 1 atom stereocenters. The van der Waals surface area contributed by atoms with Crippen LogP contribution in [0.25, 0.3) is 0 Å². The van der Waals surface area contributed by atoms with Crippen LogP contribution in [0.1, 0.15) is 25.0 Å². The van der Waals surface area contributed by atoms with Crippen LogP contribution in [0, 0.1) is 0 Å². The second kappa shape index (κ2) is 10.1. The molecule has 144 valence electrons. The van der Waals surface area contributed by atoms with Crippen LogP contribution in [0.15, 0.2) is 46.9 Å². The topological polar surface area (TPSA) is 49.4 Å². The van der Waals surface area contributed by atoms with Crippen LogP contribution >= 0.6 is 39.1 Å². The standard InChI is InChI=1S/C20H21BrCl2N2O2/c1-3-24-20(27)13(2)25(12-14-5-4-6-16(21)9-14)19(26)10-15-7-8-17(22)11-18(15)23/h4-9,11,13H,3,10,12H2,1-2H3,(H,24,27)/t13-/m0/s1. The minimum absolute atomic E-state index is 0.0910. The number of nitrogens with zero attached hydrogens (tertiary/aromatic N) is 1. The number of amides is 2. The first-order chi connectivity index (χ1) is 12.8. The first-order valence-corrected chi connectivity index (χ1v) is 10.1. The molecule has 2 rings (SSSR count). The van der Waals surface area contributed by atoms with Crippen LogP contribution < -0.4 is 5.32 Å². The molecule has 0 unspecified atom stereocenters. The molecule has 0 aliphatic carbocycles. The van der Waals surface area contributed by atoms with Crippen LogP contribution in [0.3, 0.4) is 0 Å². The zero-order valence-corrected chi connectivity index (χ0v) is 18.2. The van der Waals surface area contributed by atoms with Crippen molar-refractivity contribution in [2.45, 2.75) is 32.9 Å². The molecule has 27 heavy (non-hydrogen) atoms. The van der Waals surface area contributed by atoms with Crippen molar-refractivity contribution in [3.05, 3.63) is 68.1 Å². The van der Waals surface area contributed by atoms with E-state index < -0.39 is 6.04 Å². The Bertz CT molecular complexity index is 829. The summed E-state index contributed by atoms with van der Waals surface area (Å²) in [5, 5.41) is 3.72. The quantitative estimate of drug-likeness (QED) is 0.627. The largest absolute Gasteiger partial charge is 0.355 e. The maximum absolute atomic E-state index is 13.0. The van der Waals surface area contributed by atoms with Gasteiger partial charge < -0.3 is 10.2 Å². The van der Waals surface area contributed by atoms with Crippen LogP contribution in [0.2, 0.25) is 10.0 Å². The summed E-state index contributed by atoms with van der Waals surface area (Å²) in [5.74, 6) is -0.374. The molecule has 0 aliphatic heterocycles. The van der Waals surface area contributed by atoms with Gasteiger partial charge in [-0.1, -0.05) is 57.3 Å². The Kier molecular flexibility index (Phi) is 8.14. The molecule has 0 aromatic heterocycles. The molecule has 0 fully saturated rings. The van der Waals surface area contributed by atoms with Gasteiger partial charge in [-0.05, 0) is 49.2 Å². The van der Waals surface area contributed by atoms with Gasteiger partial charge in [0.05, 0.1) is 6.42 Å². The number of carbonyl (C=O) groups is 2. The maximum Gasteiger partial charge on any atom is 0.242 e. The summed E-state index contributed by atoms with van der Waals surface area (Å²) < 4.78 is 0.916. The summed E-state index contributed by atoms with van der Waals surface area (Å²) in [4.78, 5) is 27.0.